The van der Waals surface area contributed by atoms with Gasteiger partial charge in [0.25, 0.3) is 5.91 Å². The second kappa shape index (κ2) is 6.70. The number of carbonyl (C=O) groups excluding carboxylic acids is 1. The average Bonchev–Trinajstić information content (AvgIpc) is 2.37. The van der Waals surface area contributed by atoms with Crippen molar-refractivity contribution in [3.8, 4) is 0 Å². The van der Waals surface area contributed by atoms with Gasteiger partial charge in [0.05, 0.1) is 0 Å². The van der Waals surface area contributed by atoms with E-state index >= 15 is 0 Å². The largest absolute Gasteiger partial charge is 0.480 e. The highest BCUT2D eigenvalue weighted by Gasteiger charge is 2.26. The van der Waals surface area contributed by atoms with Gasteiger partial charge in [-0.15, -0.1) is 0 Å². The first-order valence-electron chi connectivity index (χ1n) is 6.17. The van der Waals surface area contributed by atoms with Crippen LogP contribution >= 0.6 is 15.9 Å². The van der Waals surface area contributed by atoms with Gasteiger partial charge in [-0.2, -0.15) is 0 Å². The molecule has 0 aromatic heterocycles. The third kappa shape index (κ3) is 3.80. The first-order chi connectivity index (χ1) is 8.88. The van der Waals surface area contributed by atoms with Crippen LogP contribution in [0.4, 0.5) is 0 Å². The second-order valence-corrected chi connectivity index (χ2v) is 5.44. The Balaban J connectivity index is 2.94. The van der Waals surface area contributed by atoms with Gasteiger partial charge in [-0.1, -0.05) is 42.3 Å². The maximum Gasteiger partial charge on any atom is 0.326 e. The van der Waals surface area contributed by atoms with Gasteiger partial charge in [0.2, 0.25) is 0 Å². The third-order valence-electron chi connectivity index (χ3n) is 3.28. The minimum absolute atomic E-state index is 0.117. The molecule has 5 heteroatoms. The molecule has 0 saturated heterocycles. The molecule has 1 rings (SSSR count). The summed E-state index contributed by atoms with van der Waals surface area (Å²) in [7, 11) is 0. The fourth-order valence-corrected chi connectivity index (χ4v) is 2.12. The molecule has 0 aliphatic rings. The summed E-state index contributed by atoms with van der Waals surface area (Å²) in [6.07, 6.45) is 0.689. The molecule has 104 valence electrons. The van der Waals surface area contributed by atoms with E-state index in [1.807, 2.05) is 26.8 Å². The summed E-state index contributed by atoms with van der Waals surface area (Å²) in [5.41, 5.74) is 1.29. The maximum atomic E-state index is 12.2. The Morgan fingerprint density at radius 3 is 2.58 bits per heavy atom. The van der Waals surface area contributed by atoms with E-state index in [4.69, 9.17) is 0 Å². The van der Waals surface area contributed by atoms with Crippen LogP contribution in [0.25, 0.3) is 0 Å². The van der Waals surface area contributed by atoms with Crippen LogP contribution in [0.5, 0.6) is 0 Å². The molecule has 19 heavy (non-hydrogen) atoms. The van der Waals surface area contributed by atoms with Gasteiger partial charge in [0.1, 0.15) is 6.04 Å². The molecule has 0 saturated carbocycles. The molecule has 0 spiro atoms. The summed E-state index contributed by atoms with van der Waals surface area (Å²) >= 11 is 3.36. The van der Waals surface area contributed by atoms with Crippen molar-refractivity contribution in [2.24, 2.45) is 5.92 Å². The van der Waals surface area contributed by atoms with Gasteiger partial charge in [-0.05, 0) is 30.5 Å². The molecule has 0 aliphatic heterocycles. The number of benzene rings is 1. The summed E-state index contributed by atoms with van der Waals surface area (Å²) in [5, 5.41) is 11.8. The number of hydrogen-bond acceptors (Lipinski definition) is 2. The molecule has 1 aromatic carbocycles. The van der Waals surface area contributed by atoms with Gasteiger partial charge in [-0.3, -0.25) is 4.79 Å². The lowest BCUT2D eigenvalue weighted by Crippen LogP contribution is -2.45. The lowest BCUT2D eigenvalue weighted by molar-refractivity contribution is -0.140. The standard InChI is InChI=1S/C14H18BrNO3/c1-4-8(2)12(14(18)19)16-13(17)10-6-5-7-11(15)9(10)3/h5-8,12H,4H2,1-3H3,(H,16,17)(H,18,19)/t8?,12-/m0/s1. The maximum absolute atomic E-state index is 12.2. The summed E-state index contributed by atoms with van der Waals surface area (Å²) in [4.78, 5) is 23.4. The summed E-state index contributed by atoms with van der Waals surface area (Å²) in [6, 6.07) is 4.42. The van der Waals surface area contributed by atoms with Crippen LogP contribution in [0.3, 0.4) is 0 Å². The quantitative estimate of drug-likeness (QED) is 0.873. The lowest BCUT2D eigenvalue weighted by atomic mass is 9.98. The third-order valence-corrected chi connectivity index (χ3v) is 4.14. The zero-order valence-corrected chi connectivity index (χ0v) is 12.8. The molecule has 1 unspecified atom stereocenters. The van der Waals surface area contributed by atoms with Crippen molar-refractivity contribution in [2.75, 3.05) is 0 Å². The van der Waals surface area contributed by atoms with E-state index in [9.17, 15) is 14.7 Å². The highest BCUT2D eigenvalue weighted by atomic mass is 79.9. The zero-order chi connectivity index (χ0) is 14.6. The fourth-order valence-electron chi connectivity index (χ4n) is 1.76. The van der Waals surface area contributed by atoms with Crippen molar-refractivity contribution in [1.29, 1.82) is 0 Å². The Morgan fingerprint density at radius 2 is 2.05 bits per heavy atom. The molecule has 0 bridgehead atoms. The molecule has 2 atom stereocenters. The van der Waals surface area contributed by atoms with Crippen LogP contribution in [0.2, 0.25) is 0 Å². The van der Waals surface area contributed by atoms with Gasteiger partial charge >= 0.3 is 5.97 Å². The summed E-state index contributed by atoms with van der Waals surface area (Å²) in [6.45, 7) is 5.53. The minimum atomic E-state index is -1.00. The predicted molar refractivity (Wildman–Crippen MR) is 77.2 cm³/mol. The van der Waals surface area contributed by atoms with Crippen LogP contribution in [0, 0.1) is 12.8 Å². The molecule has 1 aromatic rings. The summed E-state index contributed by atoms with van der Waals surface area (Å²) < 4.78 is 0.829. The highest BCUT2D eigenvalue weighted by Crippen LogP contribution is 2.20. The number of carbonyl (C=O) groups is 2. The number of aliphatic carboxylic acids is 1. The molecular formula is C14H18BrNO3. The topological polar surface area (TPSA) is 66.4 Å². The number of rotatable bonds is 5. The number of carboxylic acid groups (broad SMARTS) is 1. The van der Waals surface area contributed by atoms with Crippen molar-refractivity contribution >= 4 is 27.8 Å². The Labute approximate surface area is 121 Å². The smallest absolute Gasteiger partial charge is 0.326 e. The van der Waals surface area contributed by atoms with E-state index in [2.05, 4.69) is 21.2 Å². The first-order valence-corrected chi connectivity index (χ1v) is 6.96. The Hall–Kier alpha value is -1.36. The lowest BCUT2D eigenvalue weighted by Gasteiger charge is -2.20. The molecule has 2 N–H and O–H groups in total. The van der Waals surface area contributed by atoms with Gasteiger partial charge in [0, 0.05) is 10.0 Å². The van der Waals surface area contributed by atoms with Gasteiger partial charge in [-0.25, -0.2) is 4.79 Å². The number of nitrogens with one attached hydrogen (secondary N) is 1. The van der Waals surface area contributed by atoms with Crippen molar-refractivity contribution in [3.63, 3.8) is 0 Å². The minimum Gasteiger partial charge on any atom is -0.480 e. The SMILES string of the molecule is CCC(C)[C@H](NC(=O)c1cccc(Br)c1C)C(=O)O. The Bertz CT molecular complexity index is 488. The average molecular weight is 328 g/mol. The molecule has 0 aliphatic carbocycles. The molecule has 4 nitrogen and oxygen atoms in total. The monoisotopic (exact) mass is 327 g/mol. The molecular weight excluding hydrogens is 310 g/mol. The Morgan fingerprint density at radius 1 is 1.42 bits per heavy atom. The van der Waals surface area contributed by atoms with Crippen LogP contribution in [-0.4, -0.2) is 23.0 Å². The van der Waals surface area contributed by atoms with Crippen molar-refractivity contribution < 1.29 is 14.7 Å². The van der Waals surface area contributed by atoms with E-state index in [1.165, 1.54) is 0 Å². The number of carboxylic acids is 1. The number of hydrogen-bond donors (Lipinski definition) is 2. The van der Waals surface area contributed by atoms with Crippen molar-refractivity contribution in [2.45, 2.75) is 33.2 Å². The van der Waals surface area contributed by atoms with Gasteiger partial charge in [0.15, 0.2) is 0 Å². The van der Waals surface area contributed by atoms with E-state index < -0.39 is 12.0 Å². The molecule has 0 heterocycles. The second-order valence-electron chi connectivity index (χ2n) is 4.59. The van der Waals surface area contributed by atoms with Gasteiger partial charge < -0.3 is 10.4 Å². The van der Waals surface area contributed by atoms with Crippen molar-refractivity contribution in [3.05, 3.63) is 33.8 Å². The van der Waals surface area contributed by atoms with Crippen LogP contribution in [0.1, 0.15) is 36.2 Å². The fraction of sp³-hybridized carbons (Fsp3) is 0.429. The molecule has 0 radical (unpaired) electrons. The van der Waals surface area contributed by atoms with Crippen LogP contribution in [0.15, 0.2) is 22.7 Å². The first kappa shape index (κ1) is 15.7. The molecule has 0 fully saturated rings. The number of amides is 1. The number of halogens is 1. The van der Waals surface area contributed by atoms with E-state index in [0.29, 0.717) is 12.0 Å². The van der Waals surface area contributed by atoms with Crippen LogP contribution < -0.4 is 5.32 Å². The van der Waals surface area contributed by atoms with E-state index in [1.54, 1.807) is 12.1 Å². The predicted octanol–water partition coefficient (Wildman–Crippen LogP) is 2.99. The zero-order valence-electron chi connectivity index (χ0n) is 11.2. The van der Waals surface area contributed by atoms with E-state index in [0.717, 1.165) is 10.0 Å². The van der Waals surface area contributed by atoms with Crippen LogP contribution in [-0.2, 0) is 4.79 Å². The molecule has 1 amide bonds. The Kier molecular flexibility index (Phi) is 5.54. The summed E-state index contributed by atoms with van der Waals surface area (Å²) in [5.74, 6) is -1.48. The highest BCUT2D eigenvalue weighted by molar-refractivity contribution is 9.10. The van der Waals surface area contributed by atoms with E-state index in [-0.39, 0.29) is 11.8 Å². The normalized spacial score (nSPS) is 13.7. The van der Waals surface area contributed by atoms with Crippen molar-refractivity contribution in [1.82, 2.24) is 5.32 Å².